The molecule has 0 bridgehead atoms. The topological polar surface area (TPSA) is 66.4 Å². The van der Waals surface area contributed by atoms with Crippen molar-refractivity contribution in [2.24, 2.45) is 0 Å². The minimum Gasteiger partial charge on any atom is -0.550 e. The van der Waals surface area contributed by atoms with Crippen LogP contribution in [0, 0.1) is 0 Å². The first-order valence-electron chi connectivity index (χ1n) is 8.09. The predicted octanol–water partition coefficient (Wildman–Crippen LogP) is 1.66. The summed E-state index contributed by atoms with van der Waals surface area (Å²) >= 11 is 0. The van der Waals surface area contributed by atoms with Gasteiger partial charge in [-0.1, -0.05) is 38.3 Å². The van der Waals surface area contributed by atoms with Crippen LogP contribution in [0.4, 0.5) is 0 Å². The number of quaternary nitrogens is 1. The molecular formula is C17H31NO4. The highest BCUT2D eigenvalue weighted by Gasteiger charge is 2.21. The number of rotatable bonds is 12. The molecule has 0 aliphatic rings. The second kappa shape index (κ2) is 11.2. The number of hydrogen-bond acceptors (Lipinski definition) is 4. The molecule has 0 aliphatic heterocycles. The van der Waals surface area contributed by atoms with Gasteiger partial charge in [-0.3, -0.25) is 4.79 Å². The minimum absolute atomic E-state index is 0.189. The maximum absolute atomic E-state index is 11.8. The van der Waals surface area contributed by atoms with Crippen LogP contribution in [0.1, 0.15) is 51.9 Å². The molecule has 1 atom stereocenters. The zero-order valence-electron chi connectivity index (χ0n) is 14.5. The number of aliphatic carboxylic acids is 1. The van der Waals surface area contributed by atoms with E-state index in [9.17, 15) is 14.7 Å². The Morgan fingerprint density at radius 2 is 1.82 bits per heavy atom. The molecule has 22 heavy (non-hydrogen) atoms. The van der Waals surface area contributed by atoms with Gasteiger partial charge in [-0.15, -0.1) is 0 Å². The molecule has 0 unspecified atom stereocenters. The highest BCUT2D eigenvalue weighted by atomic mass is 16.5. The molecule has 0 radical (unpaired) electrons. The molecule has 0 heterocycles. The number of esters is 1. The van der Waals surface area contributed by atoms with Crippen molar-refractivity contribution in [3.63, 3.8) is 0 Å². The van der Waals surface area contributed by atoms with Gasteiger partial charge in [-0.05, 0) is 12.8 Å². The number of carbonyl (C=O) groups excluding carboxylic acids is 2. The lowest BCUT2D eigenvalue weighted by atomic mass is 10.1. The van der Waals surface area contributed by atoms with Gasteiger partial charge in [0.15, 0.2) is 6.10 Å². The Labute approximate surface area is 134 Å². The van der Waals surface area contributed by atoms with Crippen LogP contribution in [0.2, 0.25) is 0 Å². The largest absolute Gasteiger partial charge is 0.550 e. The molecule has 5 heteroatoms. The fourth-order valence-electron chi connectivity index (χ4n) is 2.16. The van der Waals surface area contributed by atoms with Gasteiger partial charge in [0.05, 0.1) is 27.6 Å². The summed E-state index contributed by atoms with van der Waals surface area (Å²) in [7, 11) is 5.77. The van der Waals surface area contributed by atoms with Crippen LogP contribution in [-0.4, -0.2) is 50.2 Å². The fourth-order valence-corrected chi connectivity index (χ4v) is 2.16. The van der Waals surface area contributed by atoms with E-state index >= 15 is 0 Å². The van der Waals surface area contributed by atoms with Crippen molar-refractivity contribution < 1.29 is 23.9 Å². The Morgan fingerprint density at radius 3 is 2.36 bits per heavy atom. The fraction of sp³-hybridized carbons (Fsp3) is 0.765. The lowest BCUT2D eigenvalue weighted by Gasteiger charge is -2.29. The summed E-state index contributed by atoms with van der Waals surface area (Å²) in [4.78, 5) is 22.5. The summed E-state index contributed by atoms with van der Waals surface area (Å²) < 4.78 is 5.78. The monoisotopic (exact) mass is 313 g/mol. The van der Waals surface area contributed by atoms with Gasteiger partial charge in [0.2, 0.25) is 0 Å². The highest BCUT2D eigenvalue weighted by molar-refractivity contribution is 5.72. The summed E-state index contributed by atoms with van der Waals surface area (Å²) in [6.07, 6.45) is 8.84. The Bertz CT molecular complexity index is 358. The summed E-state index contributed by atoms with van der Waals surface area (Å²) in [5.41, 5.74) is 0. The second-order valence-corrected chi connectivity index (χ2v) is 6.69. The Kier molecular flexibility index (Phi) is 10.5. The van der Waals surface area contributed by atoms with Gasteiger partial charge in [-0.2, -0.15) is 0 Å². The molecular weight excluding hydrogens is 282 g/mol. The summed E-state index contributed by atoms with van der Waals surface area (Å²) in [6, 6.07) is 0. The number of likely N-dealkylation sites (N-methyl/N-ethyl adjacent to an activating group) is 1. The van der Waals surface area contributed by atoms with Crippen LogP contribution >= 0.6 is 0 Å². The molecule has 0 saturated carbocycles. The van der Waals surface area contributed by atoms with Crippen molar-refractivity contribution in [3.05, 3.63) is 12.2 Å². The average Bonchev–Trinajstić information content (AvgIpc) is 2.34. The van der Waals surface area contributed by atoms with Crippen LogP contribution in [0.15, 0.2) is 12.2 Å². The molecule has 0 N–H and O–H groups in total. The molecule has 0 aromatic carbocycles. The van der Waals surface area contributed by atoms with Gasteiger partial charge in [0, 0.05) is 12.4 Å². The van der Waals surface area contributed by atoms with Gasteiger partial charge in [-0.25, -0.2) is 0 Å². The van der Waals surface area contributed by atoms with Crippen LogP contribution < -0.4 is 5.11 Å². The summed E-state index contributed by atoms with van der Waals surface area (Å²) in [6.45, 7) is 2.62. The number of carbonyl (C=O) groups is 2. The van der Waals surface area contributed by atoms with E-state index in [0.717, 1.165) is 12.8 Å². The van der Waals surface area contributed by atoms with Gasteiger partial charge in [0.1, 0.15) is 6.54 Å². The number of carboxylic acids is 1. The first kappa shape index (κ1) is 20.6. The van der Waals surface area contributed by atoms with E-state index in [1.54, 1.807) is 6.08 Å². The number of nitrogens with zero attached hydrogens (tertiary/aromatic N) is 1. The number of hydrogen-bond donors (Lipinski definition) is 0. The predicted molar refractivity (Wildman–Crippen MR) is 84.9 cm³/mol. The Hall–Kier alpha value is -1.36. The number of carboxylic acid groups (broad SMARTS) is 1. The van der Waals surface area contributed by atoms with Crippen molar-refractivity contribution in [2.75, 3.05) is 27.7 Å². The molecule has 0 fully saturated rings. The molecule has 0 amide bonds. The molecule has 0 aliphatic carbocycles. The molecule has 0 rings (SSSR count). The van der Waals surface area contributed by atoms with Crippen molar-refractivity contribution in [2.45, 2.75) is 58.0 Å². The maximum Gasteiger partial charge on any atom is 0.310 e. The van der Waals surface area contributed by atoms with Crippen molar-refractivity contribution in [3.8, 4) is 0 Å². The quantitative estimate of drug-likeness (QED) is 0.238. The van der Waals surface area contributed by atoms with Crippen LogP contribution in [0.3, 0.4) is 0 Å². The van der Waals surface area contributed by atoms with E-state index in [0.29, 0.717) is 11.0 Å². The molecule has 5 nitrogen and oxygen atoms in total. The smallest absolute Gasteiger partial charge is 0.310 e. The second-order valence-electron chi connectivity index (χ2n) is 6.69. The van der Waals surface area contributed by atoms with Crippen molar-refractivity contribution >= 4 is 11.9 Å². The van der Waals surface area contributed by atoms with E-state index in [2.05, 4.69) is 6.92 Å². The lowest BCUT2D eigenvalue weighted by molar-refractivity contribution is -0.873. The first-order valence-corrected chi connectivity index (χ1v) is 8.09. The van der Waals surface area contributed by atoms with Gasteiger partial charge < -0.3 is 19.1 Å². The summed E-state index contributed by atoms with van der Waals surface area (Å²) in [5, 5.41) is 10.7. The van der Waals surface area contributed by atoms with Crippen LogP contribution in [0.5, 0.6) is 0 Å². The average molecular weight is 313 g/mol. The van der Waals surface area contributed by atoms with Crippen LogP contribution in [-0.2, 0) is 14.3 Å². The minimum atomic E-state index is -1.20. The van der Waals surface area contributed by atoms with E-state index in [-0.39, 0.29) is 18.8 Å². The van der Waals surface area contributed by atoms with E-state index in [1.807, 2.05) is 27.2 Å². The molecule has 0 saturated heterocycles. The standard InChI is InChI=1S/C17H31NO4/c1-5-6-7-8-9-10-11-12-17(21)22-15(13-16(19)20)14-18(2,3)4/h10-11,15H,5-9,12-14H2,1-4H3/b11-10+/t15-/m1/s1. The van der Waals surface area contributed by atoms with Crippen LogP contribution in [0.25, 0.3) is 0 Å². The SMILES string of the molecule is CCCCCC/C=C/CC(=O)O[C@H](CC(=O)[O-])C[N+](C)(C)C. The molecule has 0 aromatic heterocycles. The normalized spacial score (nSPS) is 13.3. The number of unbranched alkanes of at least 4 members (excludes halogenated alkanes) is 4. The number of allylic oxidation sites excluding steroid dienone is 1. The van der Waals surface area contributed by atoms with E-state index < -0.39 is 12.1 Å². The zero-order valence-corrected chi connectivity index (χ0v) is 14.5. The third-order valence-corrected chi connectivity index (χ3v) is 3.12. The van der Waals surface area contributed by atoms with Crippen molar-refractivity contribution in [1.29, 1.82) is 0 Å². The lowest BCUT2D eigenvalue weighted by Crippen LogP contribution is -2.45. The third-order valence-electron chi connectivity index (χ3n) is 3.12. The molecule has 0 spiro atoms. The third kappa shape index (κ3) is 13.6. The highest BCUT2D eigenvalue weighted by Crippen LogP contribution is 2.07. The molecule has 128 valence electrons. The Morgan fingerprint density at radius 1 is 1.14 bits per heavy atom. The zero-order chi connectivity index (χ0) is 17.0. The molecule has 0 aromatic rings. The summed E-state index contributed by atoms with van der Waals surface area (Å²) in [5.74, 6) is -1.58. The first-order chi connectivity index (χ1) is 10.2. The van der Waals surface area contributed by atoms with E-state index in [1.165, 1.54) is 19.3 Å². The van der Waals surface area contributed by atoms with E-state index in [4.69, 9.17) is 4.74 Å². The van der Waals surface area contributed by atoms with Gasteiger partial charge in [0.25, 0.3) is 0 Å². The Balaban J connectivity index is 4.11. The van der Waals surface area contributed by atoms with Crippen molar-refractivity contribution in [1.82, 2.24) is 0 Å². The maximum atomic E-state index is 11.8. The number of ether oxygens (including phenoxy) is 1. The van der Waals surface area contributed by atoms with Gasteiger partial charge >= 0.3 is 5.97 Å².